The van der Waals surface area contributed by atoms with Gasteiger partial charge in [-0.15, -0.1) is 0 Å². The molecule has 1 saturated carbocycles. The number of carbonyl (C=O) groups excluding carboxylic acids is 1. The summed E-state index contributed by atoms with van der Waals surface area (Å²) in [7, 11) is 0. The summed E-state index contributed by atoms with van der Waals surface area (Å²) in [5, 5.41) is 3.93. The van der Waals surface area contributed by atoms with Crippen molar-refractivity contribution in [2.75, 3.05) is 5.33 Å². The Bertz CT molecular complexity index is 390. The average molecular weight is 380 g/mol. The van der Waals surface area contributed by atoms with Gasteiger partial charge in [0.2, 0.25) is 0 Å². The van der Waals surface area contributed by atoms with E-state index < -0.39 is 0 Å². The van der Waals surface area contributed by atoms with Gasteiger partial charge in [-0.3, -0.25) is 4.79 Å². The Kier molecular flexibility index (Phi) is 3.35. The van der Waals surface area contributed by atoms with Crippen LogP contribution in [0.1, 0.15) is 23.2 Å². The maximum atomic E-state index is 11.9. The molecule has 0 aliphatic heterocycles. The SMILES string of the molecule is O=C(NC1(CBr)CC1)c1ccccc1I. The topological polar surface area (TPSA) is 29.1 Å². The van der Waals surface area contributed by atoms with Crippen LogP contribution < -0.4 is 5.32 Å². The lowest BCUT2D eigenvalue weighted by Gasteiger charge is -2.14. The van der Waals surface area contributed by atoms with Gasteiger partial charge in [0, 0.05) is 8.90 Å². The van der Waals surface area contributed by atoms with Gasteiger partial charge in [-0.1, -0.05) is 28.1 Å². The smallest absolute Gasteiger partial charge is 0.252 e. The van der Waals surface area contributed by atoms with E-state index in [1.54, 1.807) is 0 Å². The highest BCUT2D eigenvalue weighted by molar-refractivity contribution is 14.1. The van der Waals surface area contributed by atoms with Crippen molar-refractivity contribution in [1.29, 1.82) is 0 Å². The summed E-state index contributed by atoms with van der Waals surface area (Å²) < 4.78 is 0.998. The summed E-state index contributed by atoms with van der Waals surface area (Å²) in [4.78, 5) is 11.9. The van der Waals surface area contributed by atoms with Crippen molar-refractivity contribution in [1.82, 2.24) is 5.32 Å². The van der Waals surface area contributed by atoms with Crippen LogP contribution in [0.5, 0.6) is 0 Å². The Hall–Kier alpha value is -0.100. The van der Waals surface area contributed by atoms with Crippen molar-refractivity contribution in [3.63, 3.8) is 0 Å². The molecule has 0 saturated heterocycles. The molecule has 0 bridgehead atoms. The molecule has 2 rings (SSSR count). The van der Waals surface area contributed by atoms with Gasteiger partial charge in [-0.05, 0) is 47.6 Å². The Labute approximate surface area is 111 Å². The lowest BCUT2D eigenvalue weighted by molar-refractivity contribution is 0.0935. The summed E-state index contributed by atoms with van der Waals surface area (Å²) in [5.74, 6) is 0.0388. The molecule has 15 heavy (non-hydrogen) atoms. The lowest BCUT2D eigenvalue weighted by atomic mass is 10.2. The Morgan fingerprint density at radius 2 is 2.13 bits per heavy atom. The number of halogens is 2. The van der Waals surface area contributed by atoms with E-state index >= 15 is 0 Å². The molecule has 80 valence electrons. The van der Waals surface area contributed by atoms with E-state index in [0.717, 1.165) is 27.3 Å². The molecule has 2 nitrogen and oxygen atoms in total. The Morgan fingerprint density at radius 1 is 1.47 bits per heavy atom. The average Bonchev–Trinajstić information content (AvgIpc) is 2.99. The lowest BCUT2D eigenvalue weighted by Crippen LogP contribution is -2.38. The molecule has 1 fully saturated rings. The van der Waals surface area contributed by atoms with Crippen LogP contribution in [0.3, 0.4) is 0 Å². The molecule has 1 aliphatic rings. The van der Waals surface area contributed by atoms with Gasteiger partial charge in [-0.25, -0.2) is 0 Å². The van der Waals surface area contributed by atoms with Crippen LogP contribution in [-0.4, -0.2) is 16.8 Å². The first kappa shape index (κ1) is 11.4. The third-order valence-corrected chi connectivity index (χ3v) is 4.62. The molecule has 0 aromatic heterocycles. The van der Waals surface area contributed by atoms with Crippen molar-refractivity contribution in [2.24, 2.45) is 0 Å². The molecular weight excluding hydrogens is 369 g/mol. The number of alkyl halides is 1. The predicted octanol–water partition coefficient (Wildman–Crippen LogP) is 2.95. The fourth-order valence-electron chi connectivity index (χ4n) is 1.40. The highest BCUT2D eigenvalue weighted by Crippen LogP contribution is 2.37. The van der Waals surface area contributed by atoms with Gasteiger partial charge < -0.3 is 5.32 Å². The van der Waals surface area contributed by atoms with Crippen LogP contribution in [0.25, 0.3) is 0 Å². The van der Waals surface area contributed by atoms with Crippen molar-refractivity contribution in [3.8, 4) is 0 Å². The van der Waals surface area contributed by atoms with Crippen LogP contribution >= 0.6 is 38.5 Å². The molecule has 0 spiro atoms. The maximum Gasteiger partial charge on any atom is 0.252 e. The zero-order valence-corrected chi connectivity index (χ0v) is 11.8. The number of carbonyl (C=O) groups is 1. The Morgan fingerprint density at radius 3 is 2.67 bits per heavy atom. The molecule has 1 aliphatic carbocycles. The second kappa shape index (κ2) is 4.41. The monoisotopic (exact) mass is 379 g/mol. The minimum Gasteiger partial charge on any atom is -0.346 e. The van der Waals surface area contributed by atoms with Gasteiger partial charge in [-0.2, -0.15) is 0 Å². The molecule has 1 aromatic carbocycles. The first-order chi connectivity index (χ1) is 7.17. The van der Waals surface area contributed by atoms with Crippen LogP contribution in [-0.2, 0) is 0 Å². The summed E-state index contributed by atoms with van der Waals surface area (Å²) >= 11 is 5.62. The van der Waals surface area contributed by atoms with Crippen molar-refractivity contribution in [3.05, 3.63) is 33.4 Å². The van der Waals surface area contributed by atoms with Crippen LogP contribution in [0.15, 0.2) is 24.3 Å². The number of hydrogen-bond acceptors (Lipinski definition) is 1. The standard InChI is InChI=1S/C11H11BrINO/c12-7-11(5-6-11)14-10(15)8-3-1-2-4-9(8)13/h1-4H,5-7H2,(H,14,15). The summed E-state index contributed by atoms with van der Waals surface area (Å²) in [6, 6.07) is 7.64. The molecule has 1 aromatic rings. The van der Waals surface area contributed by atoms with E-state index in [1.807, 2.05) is 24.3 Å². The van der Waals surface area contributed by atoms with Crippen molar-refractivity contribution in [2.45, 2.75) is 18.4 Å². The van der Waals surface area contributed by atoms with Gasteiger partial charge in [0.1, 0.15) is 0 Å². The van der Waals surface area contributed by atoms with E-state index in [1.165, 1.54) is 0 Å². The van der Waals surface area contributed by atoms with Crippen molar-refractivity contribution >= 4 is 44.4 Å². The van der Waals surface area contributed by atoms with E-state index in [0.29, 0.717) is 0 Å². The summed E-state index contributed by atoms with van der Waals surface area (Å²) in [6.45, 7) is 0. The normalized spacial score (nSPS) is 17.2. The van der Waals surface area contributed by atoms with Crippen LogP contribution in [0.4, 0.5) is 0 Å². The molecule has 4 heteroatoms. The molecular formula is C11H11BrINO. The van der Waals surface area contributed by atoms with Crippen LogP contribution in [0, 0.1) is 3.57 Å². The second-order valence-corrected chi connectivity index (χ2v) is 5.57. The molecule has 0 heterocycles. The predicted molar refractivity (Wildman–Crippen MR) is 72.4 cm³/mol. The van der Waals surface area contributed by atoms with Crippen LogP contribution in [0.2, 0.25) is 0 Å². The zero-order chi connectivity index (χ0) is 10.9. The molecule has 0 atom stereocenters. The number of amides is 1. The third-order valence-electron chi connectivity index (χ3n) is 2.61. The van der Waals surface area contributed by atoms with E-state index in [-0.39, 0.29) is 11.4 Å². The Balaban J connectivity index is 2.12. The van der Waals surface area contributed by atoms with Gasteiger partial charge in [0.15, 0.2) is 0 Å². The van der Waals surface area contributed by atoms with E-state index in [2.05, 4.69) is 43.8 Å². The third kappa shape index (κ3) is 2.53. The molecule has 0 unspecified atom stereocenters. The number of hydrogen-bond donors (Lipinski definition) is 1. The van der Waals surface area contributed by atoms with Gasteiger partial charge in [0.25, 0.3) is 5.91 Å². The molecule has 1 N–H and O–H groups in total. The molecule has 1 amide bonds. The number of rotatable bonds is 3. The summed E-state index contributed by atoms with van der Waals surface area (Å²) in [5.41, 5.74) is 0.793. The fraction of sp³-hybridized carbons (Fsp3) is 0.364. The molecule has 0 radical (unpaired) electrons. The quantitative estimate of drug-likeness (QED) is 0.635. The minimum absolute atomic E-state index is 0.0238. The van der Waals surface area contributed by atoms with E-state index in [4.69, 9.17) is 0 Å². The summed E-state index contributed by atoms with van der Waals surface area (Å²) in [6.07, 6.45) is 2.15. The highest BCUT2D eigenvalue weighted by atomic mass is 127. The van der Waals surface area contributed by atoms with Gasteiger partial charge >= 0.3 is 0 Å². The fourth-order valence-corrected chi connectivity index (χ4v) is 2.73. The van der Waals surface area contributed by atoms with Gasteiger partial charge in [0.05, 0.1) is 11.1 Å². The highest BCUT2D eigenvalue weighted by Gasteiger charge is 2.43. The maximum absolute atomic E-state index is 11.9. The largest absolute Gasteiger partial charge is 0.346 e. The van der Waals surface area contributed by atoms with Crippen molar-refractivity contribution < 1.29 is 4.79 Å². The zero-order valence-electron chi connectivity index (χ0n) is 8.09. The second-order valence-electron chi connectivity index (χ2n) is 3.85. The minimum atomic E-state index is 0.0238. The first-order valence-corrected chi connectivity index (χ1v) is 7.00. The number of benzene rings is 1. The number of nitrogens with one attached hydrogen (secondary N) is 1. The van der Waals surface area contributed by atoms with E-state index in [9.17, 15) is 4.79 Å². The first-order valence-electron chi connectivity index (χ1n) is 4.80.